The van der Waals surface area contributed by atoms with E-state index in [4.69, 9.17) is 5.26 Å². The number of Topliss-reactive ketones (excluding diaryl/α,β-unsaturated/α-hetero) is 1. The van der Waals surface area contributed by atoms with Crippen molar-refractivity contribution >= 4 is 5.78 Å². The second-order valence-electron chi connectivity index (χ2n) is 3.47. The Kier molecular flexibility index (Phi) is 5.33. The van der Waals surface area contributed by atoms with Gasteiger partial charge in [-0.25, -0.2) is 0 Å². The minimum atomic E-state index is -0.0687. The molecule has 13 heavy (non-hydrogen) atoms. The summed E-state index contributed by atoms with van der Waals surface area (Å²) in [7, 11) is 1.88. The van der Waals surface area contributed by atoms with Crippen molar-refractivity contribution in [2.75, 3.05) is 13.6 Å². The van der Waals surface area contributed by atoms with Crippen LogP contribution in [0, 0.1) is 17.2 Å². The number of likely N-dealkylation sites (N-methyl/N-ethyl adjacent to an activating group) is 1. The summed E-state index contributed by atoms with van der Waals surface area (Å²) in [5.74, 6) is 0.213. The standard InChI is InChI=1S/C10H18N2O/c1-5-10(13)9(3)12(4)7-8(2)6-11/h8-9H,5,7H2,1-4H3. The van der Waals surface area contributed by atoms with E-state index >= 15 is 0 Å². The normalized spacial score (nSPS) is 15.1. The van der Waals surface area contributed by atoms with Gasteiger partial charge in [0.05, 0.1) is 18.0 Å². The van der Waals surface area contributed by atoms with Crippen molar-refractivity contribution in [1.82, 2.24) is 4.90 Å². The fourth-order valence-corrected chi connectivity index (χ4v) is 1.17. The number of nitriles is 1. The third-order valence-electron chi connectivity index (χ3n) is 2.26. The first kappa shape index (κ1) is 12.1. The summed E-state index contributed by atoms with van der Waals surface area (Å²) in [6, 6.07) is 2.09. The molecule has 0 saturated heterocycles. The second kappa shape index (κ2) is 5.71. The van der Waals surface area contributed by atoms with Crippen molar-refractivity contribution in [3.8, 4) is 6.07 Å². The van der Waals surface area contributed by atoms with Crippen LogP contribution in [0.25, 0.3) is 0 Å². The zero-order chi connectivity index (χ0) is 10.4. The number of ketones is 1. The summed E-state index contributed by atoms with van der Waals surface area (Å²) < 4.78 is 0. The Labute approximate surface area is 80.3 Å². The molecular formula is C10H18N2O. The van der Waals surface area contributed by atoms with E-state index in [0.717, 1.165) is 0 Å². The second-order valence-corrected chi connectivity index (χ2v) is 3.47. The molecule has 0 aromatic rings. The summed E-state index contributed by atoms with van der Waals surface area (Å²) in [5.41, 5.74) is 0. The molecule has 2 atom stereocenters. The maximum atomic E-state index is 11.3. The molecule has 0 saturated carbocycles. The Morgan fingerprint density at radius 1 is 1.54 bits per heavy atom. The van der Waals surface area contributed by atoms with E-state index in [0.29, 0.717) is 13.0 Å². The highest BCUT2D eigenvalue weighted by molar-refractivity contribution is 5.83. The summed E-state index contributed by atoms with van der Waals surface area (Å²) >= 11 is 0. The lowest BCUT2D eigenvalue weighted by Gasteiger charge is -2.23. The van der Waals surface area contributed by atoms with Gasteiger partial charge in [-0.1, -0.05) is 6.92 Å². The van der Waals surface area contributed by atoms with E-state index in [9.17, 15) is 4.79 Å². The molecule has 3 nitrogen and oxygen atoms in total. The first-order valence-electron chi connectivity index (χ1n) is 4.65. The Bertz CT molecular complexity index is 207. The van der Waals surface area contributed by atoms with Gasteiger partial charge >= 0.3 is 0 Å². The van der Waals surface area contributed by atoms with Crippen molar-refractivity contribution in [2.45, 2.75) is 33.2 Å². The van der Waals surface area contributed by atoms with E-state index in [2.05, 4.69) is 6.07 Å². The SMILES string of the molecule is CCC(=O)C(C)N(C)CC(C)C#N. The maximum absolute atomic E-state index is 11.3. The molecule has 0 fully saturated rings. The van der Waals surface area contributed by atoms with Crippen LogP contribution in [0.4, 0.5) is 0 Å². The molecule has 2 unspecified atom stereocenters. The number of carbonyl (C=O) groups excluding carboxylic acids is 1. The molecule has 0 bridgehead atoms. The van der Waals surface area contributed by atoms with Gasteiger partial charge in [-0.05, 0) is 20.9 Å². The summed E-state index contributed by atoms with van der Waals surface area (Å²) in [6.07, 6.45) is 0.562. The Balaban J connectivity index is 4.04. The zero-order valence-electron chi connectivity index (χ0n) is 8.87. The van der Waals surface area contributed by atoms with Crippen molar-refractivity contribution < 1.29 is 4.79 Å². The third kappa shape index (κ3) is 4.05. The van der Waals surface area contributed by atoms with E-state index in [1.165, 1.54) is 0 Å². The molecule has 3 heteroatoms. The van der Waals surface area contributed by atoms with Gasteiger partial charge in [-0.3, -0.25) is 9.69 Å². The molecule has 0 aliphatic carbocycles. The molecule has 0 aliphatic heterocycles. The highest BCUT2D eigenvalue weighted by Crippen LogP contribution is 2.03. The maximum Gasteiger partial charge on any atom is 0.149 e. The fourth-order valence-electron chi connectivity index (χ4n) is 1.17. The van der Waals surface area contributed by atoms with Crippen LogP contribution in [0.5, 0.6) is 0 Å². The molecule has 0 spiro atoms. The van der Waals surface area contributed by atoms with Gasteiger partial charge in [0.25, 0.3) is 0 Å². The third-order valence-corrected chi connectivity index (χ3v) is 2.26. The minimum absolute atomic E-state index is 0.0166. The van der Waals surface area contributed by atoms with Gasteiger partial charge in [0.1, 0.15) is 5.78 Å². The molecule has 0 aromatic carbocycles. The van der Waals surface area contributed by atoms with Gasteiger partial charge in [0.15, 0.2) is 0 Å². The Morgan fingerprint density at radius 3 is 2.46 bits per heavy atom. The monoisotopic (exact) mass is 182 g/mol. The highest BCUT2D eigenvalue weighted by Gasteiger charge is 2.17. The first-order valence-corrected chi connectivity index (χ1v) is 4.65. The number of carbonyl (C=O) groups is 1. The minimum Gasteiger partial charge on any atom is -0.298 e. The van der Waals surface area contributed by atoms with Crippen molar-refractivity contribution in [2.24, 2.45) is 5.92 Å². The van der Waals surface area contributed by atoms with Crippen LogP contribution in [-0.2, 0) is 4.79 Å². The predicted octanol–water partition coefficient (Wildman–Crippen LogP) is 1.45. The van der Waals surface area contributed by atoms with Gasteiger partial charge < -0.3 is 0 Å². The quantitative estimate of drug-likeness (QED) is 0.646. The topological polar surface area (TPSA) is 44.1 Å². The molecule has 74 valence electrons. The smallest absolute Gasteiger partial charge is 0.149 e. The van der Waals surface area contributed by atoms with Crippen LogP contribution in [0.3, 0.4) is 0 Å². The summed E-state index contributed by atoms with van der Waals surface area (Å²) in [6.45, 7) is 6.26. The van der Waals surface area contributed by atoms with Gasteiger partial charge in [-0.2, -0.15) is 5.26 Å². The van der Waals surface area contributed by atoms with Crippen molar-refractivity contribution in [1.29, 1.82) is 5.26 Å². The molecule has 0 heterocycles. The van der Waals surface area contributed by atoms with Crippen LogP contribution >= 0.6 is 0 Å². The number of hydrogen-bond donors (Lipinski definition) is 0. The van der Waals surface area contributed by atoms with E-state index in [1.807, 2.05) is 32.7 Å². The first-order chi connectivity index (χ1) is 6.02. The highest BCUT2D eigenvalue weighted by atomic mass is 16.1. The van der Waals surface area contributed by atoms with Crippen LogP contribution in [0.2, 0.25) is 0 Å². The lowest BCUT2D eigenvalue weighted by molar-refractivity contribution is -0.123. The van der Waals surface area contributed by atoms with Crippen LogP contribution in [0.1, 0.15) is 27.2 Å². The van der Waals surface area contributed by atoms with Crippen LogP contribution in [0.15, 0.2) is 0 Å². The molecular weight excluding hydrogens is 164 g/mol. The largest absolute Gasteiger partial charge is 0.298 e. The van der Waals surface area contributed by atoms with E-state index < -0.39 is 0 Å². The van der Waals surface area contributed by atoms with Gasteiger partial charge in [0.2, 0.25) is 0 Å². The summed E-state index contributed by atoms with van der Waals surface area (Å²) in [4.78, 5) is 13.2. The summed E-state index contributed by atoms with van der Waals surface area (Å²) in [5, 5.41) is 8.60. The molecule has 0 radical (unpaired) electrons. The van der Waals surface area contributed by atoms with Crippen LogP contribution < -0.4 is 0 Å². The average Bonchev–Trinajstić information content (AvgIpc) is 2.14. The predicted molar refractivity (Wildman–Crippen MR) is 52.2 cm³/mol. The average molecular weight is 182 g/mol. The Hall–Kier alpha value is -0.880. The van der Waals surface area contributed by atoms with Crippen LogP contribution in [-0.4, -0.2) is 30.3 Å². The molecule has 0 aliphatic rings. The van der Waals surface area contributed by atoms with Crippen molar-refractivity contribution in [3.05, 3.63) is 0 Å². The van der Waals surface area contributed by atoms with Gasteiger partial charge in [0, 0.05) is 13.0 Å². The lowest BCUT2D eigenvalue weighted by atomic mass is 10.1. The molecule has 0 amide bonds. The molecule has 0 aromatic heterocycles. The zero-order valence-corrected chi connectivity index (χ0v) is 8.87. The lowest BCUT2D eigenvalue weighted by Crippen LogP contribution is -2.38. The van der Waals surface area contributed by atoms with Gasteiger partial charge in [-0.15, -0.1) is 0 Å². The number of nitrogens with zero attached hydrogens (tertiary/aromatic N) is 2. The van der Waals surface area contributed by atoms with Crippen molar-refractivity contribution in [3.63, 3.8) is 0 Å². The number of hydrogen-bond acceptors (Lipinski definition) is 3. The fraction of sp³-hybridized carbons (Fsp3) is 0.800. The molecule has 0 rings (SSSR count). The Morgan fingerprint density at radius 2 is 2.08 bits per heavy atom. The van der Waals surface area contributed by atoms with E-state index in [1.54, 1.807) is 0 Å². The van der Waals surface area contributed by atoms with E-state index in [-0.39, 0.29) is 17.7 Å². The molecule has 0 N–H and O–H groups in total. The number of rotatable bonds is 5.